The maximum Gasteiger partial charge on any atom is 0.197 e. The van der Waals surface area contributed by atoms with Crippen LogP contribution in [0.2, 0.25) is 0 Å². The second-order valence-corrected chi connectivity index (χ2v) is 3.76. The summed E-state index contributed by atoms with van der Waals surface area (Å²) in [6, 6.07) is 3.42. The highest BCUT2D eigenvalue weighted by Gasteiger charge is 2.09. The Balaban J connectivity index is 2.67. The fourth-order valence-corrected chi connectivity index (χ4v) is 1.58. The molecule has 0 amide bonds. The van der Waals surface area contributed by atoms with Gasteiger partial charge in [-0.3, -0.25) is 0 Å². The van der Waals surface area contributed by atoms with Gasteiger partial charge >= 0.3 is 0 Å². The number of rotatable bonds is 1. The molecule has 0 fully saturated rings. The van der Waals surface area contributed by atoms with E-state index in [0.717, 1.165) is 11.6 Å². The third kappa shape index (κ3) is 1.99. The van der Waals surface area contributed by atoms with Crippen molar-refractivity contribution >= 4 is 12.2 Å². The van der Waals surface area contributed by atoms with Gasteiger partial charge in [0.1, 0.15) is 11.6 Å². The summed E-state index contributed by atoms with van der Waals surface area (Å²) in [6.07, 6.45) is 1.55. The summed E-state index contributed by atoms with van der Waals surface area (Å²) in [6.45, 7) is 1.77. The Morgan fingerprint density at radius 1 is 1.31 bits per heavy atom. The largest absolute Gasteiger partial charge is 0.330 e. The molecular weight excluding hydrogens is 230 g/mol. The van der Waals surface area contributed by atoms with Crippen LogP contribution in [-0.4, -0.2) is 9.97 Å². The highest BCUT2D eigenvalue weighted by molar-refractivity contribution is 7.71. The summed E-state index contributed by atoms with van der Waals surface area (Å²) in [5, 5.41) is 0. The van der Waals surface area contributed by atoms with Crippen molar-refractivity contribution in [3.05, 3.63) is 46.4 Å². The SMILES string of the molecule is Cc1cnc(=S)[nH]c1-c1ccc(F)cc1F. The van der Waals surface area contributed by atoms with Gasteiger partial charge in [-0.05, 0) is 36.8 Å². The van der Waals surface area contributed by atoms with Gasteiger partial charge in [-0.15, -0.1) is 0 Å². The molecule has 2 aromatic rings. The number of aryl methyl sites for hydroxylation is 1. The van der Waals surface area contributed by atoms with Crippen LogP contribution in [0.1, 0.15) is 5.56 Å². The number of hydrogen-bond donors (Lipinski definition) is 1. The van der Waals surface area contributed by atoms with Gasteiger partial charge in [-0.25, -0.2) is 13.8 Å². The molecule has 1 heterocycles. The number of benzene rings is 1. The first-order chi connectivity index (χ1) is 7.58. The van der Waals surface area contributed by atoms with Crippen molar-refractivity contribution < 1.29 is 8.78 Å². The van der Waals surface area contributed by atoms with Gasteiger partial charge in [-0.1, -0.05) is 0 Å². The highest BCUT2D eigenvalue weighted by Crippen LogP contribution is 2.23. The summed E-state index contributed by atoms with van der Waals surface area (Å²) in [4.78, 5) is 6.67. The van der Waals surface area contributed by atoms with Gasteiger partial charge in [0.15, 0.2) is 4.77 Å². The van der Waals surface area contributed by atoms with Crippen LogP contribution in [0.5, 0.6) is 0 Å². The summed E-state index contributed by atoms with van der Waals surface area (Å²) in [5.74, 6) is -1.23. The van der Waals surface area contributed by atoms with Crippen molar-refractivity contribution in [1.29, 1.82) is 0 Å². The number of aromatic nitrogens is 2. The van der Waals surface area contributed by atoms with Crippen LogP contribution in [0, 0.1) is 23.3 Å². The Labute approximate surface area is 96.0 Å². The molecule has 2 nitrogen and oxygen atoms in total. The zero-order valence-electron chi connectivity index (χ0n) is 8.42. The second-order valence-electron chi connectivity index (χ2n) is 3.37. The van der Waals surface area contributed by atoms with E-state index in [1.807, 2.05) is 0 Å². The molecule has 0 saturated carbocycles. The number of halogens is 2. The molecule has 0 aliphatic heterocycles. The number of nitrogens with one attached hydrogen (secondary N) is 1. The van der Waals surface area contributed by atoms with Gasteiger partial charge in [0.25, 0.3) is 0 Å². The van der Waals surface area contributed by atoms with Crippen molar-refractivity contribution in [3.8, 4) is 11.3 Å². The molecule has 0 aliphatic carbocycles. The van der Waals surface area contributed by atoms with E-state index in [2.05, 4.69) is 9.97 Å². The minimum absolute atomic E-state index is 0.268. The van der Waals surface area contributed by atoms with Crippen molar-refractivity contribution in [2.75, 3.05) is 0 Å². The Morgan fingerprint density at radius 3 is 2.75 bits per heavy atom. The minimum Gasteiger partial charge on any atom is -0.330 e. The molecular formula is C11H8F2N2S. The lowest BCUT2D eigenvalue weighted by Gasteiger charge is -2.06. The van der Waals surface area contributed by atoms with E-state index in [4.69, 9.17) is 12.2 Å². The van der Waals surface area contributed by atoms with Crippen LogP contribution in [-0.2, 0) is 0 Å². The average Bonchev–Trinajstić information content (AvgIpc) is 2.22. The molecule has 1 N–H and O–H groups in total. The van der Waals surface area contributed by atoms with Crippen molar-refractivity contribution in [2.24, 2.45) is 0 Å². The normalized spacial score (nSPS) is 10.4. The van der Waals surface area contributed by atoms with Crippen LogP contribution in [0.25, 0.3) is 11.3 Å². The van der Waals surface area contributed by atoms with Crippen LogP contribution in [0.3, 0.4) is 0 Å². The number of hydrogen-bond acceptors (Lipinski definition) is 2. The first-order valence-electron chi connectivity index (χ1n) is 4.59. The predicted molar refractivity (Wildman–Crippen MR) is 59.5 cm³/mol. The lowest BCUT2D eigenvalue weighted by Crippen LogP contribution is -1.94. The topological polar surface area (TPSA) is 28.7 Å². The van der Waals surface area contributed by atoms with E-state index in [1.54, 1.807) is 13.1 Å². The zero-order chi connectivity index (χ0) is 11.7. The minimum atomic E-state index is -0.625. The van der Waals surface area contributed by atoms with Crippen LogP contribution in [0.15, 0.2) is 24.4 Å². The molecule has 0 unspecified atom stereocenters. The van der Waals surface area contributed by atoms with Crippen molar-refractivity contribution in [1.82, 2.24) is 9.97 Å². The standard InChI is InChI=1S/C11H8F2N2S/c1-6-5-14-11(16)15-10(6)8-3-2-7(12)4-9(8)13/h2-5H,1H3,(H,14,15,16). The van der Waals surface area contributed by atoms with Gasteiger partial charge < -0.3 is 4.98 Å². The first-order valence-corrected chi connectivity index (χ1v) is 5.00. The molecule has 1 aromatic heterocycles. The second kappa shape index (κ2) is 4.09. The predicted octanol–water partition coefficient (Wildman–Crippen LogP) is 3.39. The molecule has 82 valence electrons. The molecule has 0 spiro atoms. The average molecular weight is 238 g/mol. The first kappa shape index (κ1) is 10.9. The molecule has 0 saturated heterocycles. The van der Waals surface area contributed by atoms with E-state index in [1.165, 1.54) is 12.1 Å². The monoisotopic (exact) mass is 238 g/mol. The Morgan fingerprint density at radius 2 is 2.06 bits per heavy atom. The third-order valence-corrected chi connectivity index (χ3v) is 2.41. The van der Waals surface area contributed by atoms with Crippen molar-refractivity contribution in [3.63, 3.8) is 0 Å². The number of aromatic amines is 1. The number of nitrogens with zero attached hydrogens (tertiary/aromatic N) is 1. The van der Waals surface area contributed by atoms with E-state index < -0.39 is 11.6 Å². The van der Waals surface area contributed by atoms with Crippen molar-refractivity contribution in [2.45, 2.75) is 6.92 Å². The van der Waals surface area contributed by atoms with Gasteiger partial charge in [-0.2, -0.15) is 0 Å². The molecule has 5 heteroatoms. The molecule has 1 aromatic carbocycles. The van der Waals surface area contributed by atoms with Crippen LogP contribution in [0.4, 0.5) is 8.78 Å². The molecule has 2 rings (SSSR count). The molecule has 16 heavy (non-hydrogen) atoms. The smallest absolute Gasteiger partial charge is 0.197 e. The van der Waals surface area contributed by atoms with Gasteiger partial charge in [0.2, 0.25) is 0 Å². The summed E-state index contributed by atoms with van der Waals surface area (Å²) in [7, 11) is 0. The molecule has 0 radical (unpaired) electrons. The van der Waals surface area contributed by atoms with Crippen LogP contribution < -0.4 is 0 Å². The Kier molecular flexibility index (Phi) is 2.78. The third-order valence-electron chi connectivity index (χ3n) is 2.20. The fraction of sp³-hybridized carbons (Fsp3) is 0.0909. The van der Waals surface area contributed by atoms with Crippen LogP contribution >= 0.6 is 12.2 Å². The fourth-order valence-electron chi connectivity index (χ4n) is 1.43. The maximum absolute atomic E-state index is 13.5. The molecule has 0 aliphatic rings. The Hall–Kier alpha value is -1.62. The lowest BCUT2D eigenvalue weighted by atomic mass is 10.1. The summed E-state index contributed by atoms with van der Waals surface area (Å²) in [5.41, 5.74) is 1.56. The Bertz CT molecular complexity index is 593. The van der Waals surface area contributed by atoms with Gasteiger partial charge in [0, 0.05) is 17.8 Å². The zero-order valence-corrected chi connectivity index (χ0v) is 9.24. The lowest BCUT2D eigenvalue weighted by molar-refractivity contribution is 0.585. The van der Waals surface area contributed by atoms with E-state index in [9.17, 15) is 8.78 Å². The molecule has 0 bridgehead atoms. The molecule has 0 atom stereocenters. The van der Waals surface area contributed by atoms with E-state index in [-0.39, 0.29) is 10.3 Å². The maximum atomic E-state index is 13.5. The summed E-state index contributed by atoms with van der Waals surface area (Å²) >= 11 is 4.87. The summed E-state index contributed by atoms with van der Waals surface area (Å²) < 4.78 is 26.6. The van der Waals surface area contributed by atoms with E-state index in [0.29, 0.717) is 5.69 Å². The quantitative estimate of drug-likeness (QED) is 0.771. The van der Waals surface area contributed by atoms with E-state index >= 15 is 0 Å². The van der Waals surface area contributed by atoms with Gasteiger partial charge in [0.05, 0.1) is 5.69 Å². The number of H-pyrrole nitrogens is 1. The highest BCUT2D eigenvalue weighted by atomic mass is 32.1.